The maximum Gasteiger partial charge on any atom is 0.0469 e. The van der Waals surface area contributed by atoms with E-state index in [0.29, 0.717) is 6.04 Å². The molecule has 2 N–H and O–H groups in total. The van der Waals surface area contributed by atoms with Crippen LogP contribution >= 0.6 is 11.8 Å². The van der Waals surface area contributed by atoms with Crippen LogP contribution in [0.1, 0.15) is 19.8 Å². The molecule has 0 bridgehead atoms. The lowest BCUT2D eigenvalue weighted by molar-refractivity contribution is 0.0286. The minimum atomic E-state index is 0.590. The molecule has 16 heavy (non-hydrogen) atoms. The highest BCUT2D eigenvalue weighted by Gasteiger charge is 2.30. The quantitative estimate of drug-likeness (QED) is 0.809. The Hall–Kier alpha value is 0.230. The molecule has 2 fully saturated rings. The van der Waals surface area contributed by atoms with E-state index in [-0.39, 0.29) is 0 Å². The van der Waals surface area contributed by atoms with Crippen LogP contribution in [0.15, 0.2) is 0 Å². The first kappa shape index (κ1) is 12.7. The molecular formula is C12H24N2OS. The Morgan fingerprint density at radius 2 is 2.19 bits per heavy atom. The van der Waals surface area contributed by atoms with Crippen LogP contribution in [0.2, 0.25) is 0 Å². The van der Waals surface area contributed by atoms with Crippen LogP contribution in [-0.4, -0.2) is 54.8 Å². The van der Waals surface area contributed by atoms with Crippen molar-refractivity contribution in [2.45, 2.75) is 31.1 Å². The van der Waals surface area contributed by atoms with Crippen molar-refractivity contribution in [2.75, 3.05) is 38.6 Å². The van der Waals surface area contributed by atoms with Gasteiger partial charge in [-0.2, -0.15) is 11.8 Å². The second kappa shape index (κ2) is 6.24. The third-order valence-electron chi connectivity index (χ3n) is 3.79. The summed E-state index contributed by atoms with van der Waals surface area (Å²) in [5, 5.41) is 0.766. The summed E-state index contributed by atoms with van der Waals surface area (Å²) in [7, 11) is 0. The number of nitrogens with zero attached hydrogens (tertiary/aromatic N) is 1. The van der Waals surface area contributed by atoms with E-state index in [0.717, 1.165) is 30.9 Å². The van der Waals surface area contributed by atoms with Gasteiger partial charge < -0.3 is 10.5 Å². The molecule has 2 rings (SSSR count). The van der Waals surface area contributed by atoms with Gasteiger partial charge in [0.25, 0.3) is 0 Å². The van der Waals surface area contributed by atoms with Crippen molar-refractivity contribution in [1.82, 2.24) is 4.90 Å². The molecule has 0 saturated carbocycles. The van der Waals surface area contributed by atoms with Crippen molar-refractivity contribution in [1.29, 1.82) is 0 Å². The van der Waals surface area contributed by atoms with Crippen LogP contribution in [-0.2, 0) is 4.74 Å². The summed E-state index contributed by atoms with van der Waals surface area (Å²) in [4.78, 5) is 2.62. The maximum absolute atomic E-state index is 5.99. The van der Waals surface area contributed by atoms with Gasteiger partial charge in [0, 0.05) is 49.9 Å². The Kier molecular flexibility index (Phi) is 4.95. The number of ether oxygens (including phenoxy) is 1. The monoisotopic (exact) mass is 244 g/mol. The molecular weight excluding hydrogens is 220 g/mol. The summed E-state index contributed by atoms with van der Waals surface area (Å²) in [6, 6.07) is 0.590. The fraction of sp³-hybridized carbons (Fsp3) is 1.00. The number of thioether (sulfide) groups is 1. The summed E-state index contributed by atoms with van der Waals surface area (Å²) in [5.74, 6) is 2.02. The lowest BCUT2D eigenvalue weighted by Gasteiger charge is -2.41. The number of hydrogen-bond acceptors (Lipinski definition) is 4. The zero-order chi connectivity index (χ0) is 11.4. The van der Waals surface area contributed by atoms with Gasteiger partial charge >= 0.3 is 0 Å². The molecule has 2 atom stereocenters. The van der Waals surface area contributed by atoms with Crippen molar-refractivity contribution in [2.24, 2.45) is 11.7 Å². The molecule has 0 radical (unpaired) electrons. The fourth-order valence-corrected chi connectivity index (χ4v) is 3.93. The van der Waals surface area contributed by atoms with Crippen LogP contribution in [0.4, 0.5) is 0 Å². The Bertz CT molecular complexity index is 209. The minimum absolute atomic E-state index is 0.590. The third-order valence-corrected chi connectivity index (χ3v) is 4.93. The van der Waals surface area contributed by atoms with Gasteiger partial charge in [-0.3, -0.25) is 4.90 Å². The lowest BCUT2D eigenvalue weighted by atomic mass is 9.90. The molecule has 2 aliphatic heterocycles. The average Bonchev–Trinajstić information content (AvgIpc) is 2.31. The summed E-state index contributed by atoms with van der Waals surface area (Å²) in [6.45, 7) is 7.42. The van der Waals surface area contributed by atoms with Gasteiger partial charge in [-0.1, -0.05) is 6.92 Å². The van der Waals surface area contributed by atoms with Gasteiger partial charge in [0.1, 0.15) is 0 Å². The third kappa shape index (κ3) is 3.13. The maximum atomic E-state index is 5.99. The molecule has 2 unspecified atom stereocenters. The van der Waals surface area contributed by atoms with Gasteiger partial charge in [-0.25, -0.2) is 0 Å². The molecule has 4 heteroatoms. The van der Waals surface area contributed by atoms with E-state index >= 15 is 0 Å². The van der Waals surface area contributed by atoms with Crippen LogP contribution in [0.3, 0.4) is 0 Å². The highest BCUT2D eigenvalue weighted by atomic mass is 32.2. The van der Waals surface area contributed by atoms with E-state index in [1.807, 2.05) is 0 Å². The molecule has 0 spiro atoms. The minimum Gasteiger partial charge on any atom is -0.381 e. The van der Waals surface area contributed by atoms with Crippen molar-refractivity contribution in [3.05, 3.63) is 0 Å². The number of rotatable bonds is 3. The average molecular weight is 244 g/mol. The van der Waals surface area contributed by atoms with E-state index in [9.17, 15) is 0 Å². The van der Waals surface area contributed by atoms with Crippen molar-refractivity contribution in [3.8, 4) is 0 Å². The van der Waals surface area contributed by atoms with Crippen LogP contribution in [0.25, 0.3) is 0 Å². The number of hydrogen-bond donors (Lipinski definition) is 1. The molecule has 2 heterocycles. The molecule has 3 nitrogen and oxygen atoms in total. The highest BCUT2D eigenvalue weighted by molar-refractivity contribution is 7.99. The Labute approximate surface area is 103 Å². The standard InChI is InChI=1S/C12H24N2OS/c1-10-9-14(4-7-16-10)12(8-13)11-2-5-15-6-3-11/h10-12H,2-9,13H2,1H3. The molecule has 0 aromatic heterocycles. The molecule has 94 valence electrons. The molecule has 0 aromatic carbocycles. The summed E-state index contributed by atoms with van der Waals surface area (Å²) in [5.41, 5.74) is 5.99. The van der Waals surface area contributed by atoms with Gasteiger partial charge in [0.15, 0.2) is 0 Å². The van der Waals surface area contributed by atoms with E-state index in [1.54, 1.807) is 0 Å². The molecule has 2 saturated heterocycles. The first-order valence-corrected chi connectivity index (χ1v) is 7.49. The van der Waals surface area contributed by atoms with E-state index in [4.69, 9.17) is 10.5 Å². The smallest absolute Gasteiger partial charge is 0.0469 e. The molecule has 0 amide bonds. The second-order valence-corrected chi connectivity index (χ2v) is 6.48. The van der Waals surface area contributed by atoms with E-state index in [1.165, 1.54) is 31.7 Å². The molecule has 0 aliphatic carbocycles. The first-order valence-electron chi connectivity index (χ1n) is 6.44. The predicted octanol–water partition coefficient (Wildman–Crippen LogP) is 1.18. The van der Waals surface area contributed by atoms with E-state index < -0.39 is 0 Å². The summed E-state index contributed by atoms with van der Waals surface area (Å²) in [6.07, 6.45) is 2.39. The van der Waals surface area contributed by atoms with Crippen molar-refractivity contribution >= 4 is 11.8 Å². The van der Waals surface area contributed by atoms with Crippen LogP contribution in [0.5, 0.6) is 0 Å². The number of nitrogens with two attached hydrogens (primary N) is 1. The summed E-state index contributed by atoms with van der Waals surface area (Å²) < 4.78 is 5.44. The summed E-state index contributed by atoms with van der Waals surface area (Å²) >= 11 is 2.09. The highest BCUT2D eigenvalue weighted by Crippen LogP contribution is 2.26. The van der Waals surface area contributed by atoms with Gasteiger partial charge in [-0.05, 0) is 18.8 Å². The first-order chi connectivity index (χ1) is 7.81. The molecule has 0 aromatic rings. The second-order valence-electron chi connectivity index (χ2n) is 4.93. The normalized spacial score (nSPS) is 31.5. The Morgan fingerprint density at radius 3 is 2.81 bits per heavy atom. The largest absolute Gasteiger partial charge is 0.381 e. The zero-order valence-electron chi connectivity index (χ0n) is 10.2. The SMILES string of the molecule is CC1CN(C(CN)C2CCOCC2)CCS1. The van der Waals surface area contributed by atoms with Gasteiger partial charge in [-0.15, -0.1) is 0 Å². The fourth-order valence-electron chi connectivity index (χ4n) is 2.89. The van der Waals surface area contributed by atoms with Crippen molar-refractivity contribution in [3.63, 3.8) is 0 Å². The zero-order valence-corrected chi connectivity index (χ0v) is 11.0. The Morgan fingerprint density at radius 1 is 1.44 bits per heavy atom. The Balaban J connectivity index is 1.91. The van der Waals surface area contributed by atoms with Crippen LogP contribution < -0.4 is 5.73 Å². The molecule has 2 aliphatic rings. The van der Waals surface area contributed by atoms with Crippen molar-refractivity contribution < 1.29 is 4.74 Å². The topological polar surface area (TPSA) is 38.5 Å². The van der Waals surface area contributed by atoms with Gasteiger partial charge in [0.05, 0.1) is 0 Å². The van der Waals surface area contributed by atoms with Gasteiger partial charge in [0.2, 0.25) is 0 Å². The lowest BCUT2D eigenvalue weighted by Crippen LogP contribution is -2.51. The van der Waals surface area contributed by atoms with Crippen LogP contribution in [0, 0.1) is 5.92 Å². The van der Waals surface area contributed by atoms with E-state index in [2.05, 4.69) is 23.6 Å². The predicted molar refractivity (Wildman–Crippen MR) is 69.9 cm³/mol.